The van der Waals surface area contributed by atoms with Crippen molar-refractivity contribution < 1.29 is 13.6 Å². The molecule has 0 aromatic rings. The second kappa shape index (κ2) is 6.97. The summed E-state index contributed by atoms with van der Waals surface area (Å²) in [5.41, 5.74) is 0.196. The highest BCUT2D eigenvalue weighted by Gasteiger charge is 2.26. The van der Waals surface area contributed by atoms with E-state index in [0.717, 1.165) is 6.42 Å². The molecule has 13 heavy (non-hydrogen) atoms. The first-order valence-electron chi connectivity index (χ1n) is 4.33. The summed E-state index contributed by atoms with van der Waals surface area (Å²) in [7, 11) is 1.60. The monoisotopic (exact) mass is 203 g/mol. The first-order chi connectivity index (χ1) is 6.21. The van der Waals surface area contributed by atoms with E-state index in [-0.39, 0.29) is 11.6 Å². The zero-order valence-corrected chi connectivity index (χ0v) is 9.77. The Morgan fingerprint density at radius 1 is 1.46 bits per heavy atom. The summed E-state index contributed by atoms with van der Waals surface area (Å²) in [5, 5.41) is 0. The van der Waals surface area contributed by atoms with E-state index in [1.54, 1.807) is 20.3 Å². The molecule has 2 unspecified atom stereocenters. The Morgan fingerprint density at radius 2 is 2.00 bits per heavy atom. The number of nitrogens with zero attached hydrogens (tertiary/aromatic N) is 1. The van der Waals surface area contributed by atoms with E-state index in [2.05, 4.69) is 4.99 Å². The van der Waals surface area contributed by atoms with Crippen LogP contribution in [0.1, 0.15) is 20.3 Å². The third kappa shape index (κ3) is 3.82. The maximum Gasteiger partial charge on any atom is 0.326 e. The molecular weight excluding hydrogens is 186 g/mol. The van der Waals surface area contributed by atoms with Crippen molar-refractivity contribution in [2.24, 2.45) is 4.99 Å². The van der Waals surface area contributed by atoms with E-state index in [4.69, 9.17) is 8.85 Å². The molecule has 0 radical (unpaired) electrons. The number of isocyanates is 1. The van der Waals surface area contributed by atoms with Crippen molar-refractivity contribution in [1.82, 2.24) is 0 Å². The van der Waals surface area contributed by atoms with Crippen molar-refractivity contribution in [3.63, 3.8) is 0 Å². The molecule has 0 aliphatic carbocycles. The lowest BCUT2D eigenvalue weighted by atomic mass is 10.2. The number of hydrogen-bond acceptors (Lipinski definition) is 4. The van der Waals surface area contributed by atoms with Crippen molar-refractivity contribution in [1.29, 1.82) is 0 Å². The first kappa shape index (κ1) is 12.5. The van der Waals surface area contributed by atoms with Gasteiger partial charge in [0.1, 0.15) is 0 Å². The molecule has 0 fully saturated rings. The smallest absolute Gasteiger partial charge is 0.326 e. The SMILES string of the molecule is CCC(N=C=O)C(C)[SiH](OC)OC. The molecule has 0 amide bonds. The molecule has 0 aliphatic heterocycles. The fourth-order valence-electron chi connectivity index (χ4n) is 1.36. The van der Waals surface area contributed by atoms with Gasteiger partial charge in [-0.1, -0.05) is 13.8 Å². The van der Waals surface area contributed by atoms with Gasteiger partial charge in [0.15, 0.2) is 0 Å². The average molecular weight is 203 g/mol. The van der Waals surface area contributed by atoms with Gasteiger partial charge in [0.2, 0.25) is 6.08 Å². The van der Waals surface area contributed by atoms with E-state index >= 15 is 0 Å². The molecule has 2 atom stereocenters. The summed E-state index contributed by atoms with van der Waals surface area (Å²) in [6.45, 7) is 3.98. The number of carbonyl (C=O) groups excluding carboxylic acids is 1. The molecule has 0 N–H and O–H groups in total. The predicted octanol–water partition coefficient (Wildman–Crippen LogP) is 1.00. The Balaban J connectivity index is 4.32. The van der Waals surface area contributed by atoms with Gasteiger partial charge in [-0.15, -0.1) is 0 Å². The molecule has 0 aromatic carbocycles. The van der Waals surface area contributed by atoms with Crippen LogP contribution in [-0.4, -0.2) is 35.6 Å². The van der Waals surface area contributed by atoms with Gasteiger partial charge < -0.3 is 8.85 Å². The Morgan fingerprint density at radius 3 is 2.31 bits per heavy atom. The Labute approximate surface area is 80.8 Å². The van der Waals surface area contributed by atoms with Crippen LogP contribution in [0, 0.1) is 0 Å². The summed E-state index contributed by atoms with van der Waals surface area (Å²) in [4.78, 5) is 13.8. The minimum absolute atomic E-state index is 0.0194. The third-order valence-electron chi connectivity index (χ3n) is 2.14. The van der Waals surface area contributed by atoms with Crippen LogP contribution in [0.3, 0.4) is 0 Å². The molecule has 5 heteroatoms. The zero-order chi connectivity index (χ0) is 10.3. The number of rotatable bonds is 6. The lowest BCUT2D eigenvalue weighted by Gasteiger charge is -2.22. The summed E-state index contributed by atoms with van der Waals surface area (Å²) < 4.78 is 10.4. The average Bonchev–Trinajstić information content (AvgIpc) is 2.15. The summed E-state index contributed by atoms with van der Waals surface area (Å²) in [6, 6.07) is -0.0194. The van der Waals surface area contributed by atoms with Crippen LogP contribution in [0.25, 0.3) is 0 Å². The highest BCUT2D eigenvalue weighted by atomic mass is 28.3. The number of hydrogen-bond donors (Lipinski definition) is 0. The summed E-state index contributed by atoms with van der Waals surface area (Å²) in [6.07, 6.45) is 2.40. The van der Waals surface area contributed by atoms with Crippen LogP contribution >= 0.6 is 0 Å². The van der Waals surface area contributed by atoms with Crippen molar-refractivity contribution in [3.8, 4) is 0 Å². The maximum atomic E-state index is 10.1. The predicted molar refractivity (Wildman–Crippen MR) is 52.8 cm³/mol. The standard InChI is InChI=1S/C8H17NO3Si/c1-5-8(9-6-10)7(2)13(11-3)12-4/h7-8,13H,5H2,1-4H3. The first-order valence-corrected chi connectivity index (χ1v) is 5.94. The van der Waals surface area contributed by atoms with Gasteiger partial charge >= 0.3 is 9.28 Å². The Bertz CT molecular complexity index is 178. The molecule has 0 bridgehead atoms. The van der Waals surface area contributed by atoms with Crippen molar-refractivity contribution in [2.45, 2.75) is 31.9 Å². The molecule has 4 nitrogen and oxygen atoms in total. The Kier molecular flexibility index (Phi) is 6.71. The van der Waals surface area contributed by atoms with E-state index in [9.17, 15) is 4.79 Å². The summed E-state index contributed by atoms with van der Waals surface area (Å²) >= 11 is 0. The van der Waals surface area contributed by atoms with Crippen molar-refractivity contribution in [3.05, 3.63) is 0 Å². The quantitative estimate of drug-likeness (QED) is 0.367. The van der Waals surface area contributed by atoms with Crippen LogP contribution in [0.4, 0.5) is 0 Å². The van der Waals surface area contributed by atoms with Gasteiger partial charge in [0, 0.05) is 19.8 Å². The minimum atomic E-state index is -1.67. The molecule has 0 aliphatic rings. The summed E-state index contributed by atoms with van der Waals surface area (Å²) in [5.74, 6) is 0. The molecule has 76 valence electrons. The molecule has 0 spiro atoms. The fraction of sp³-hybridized carbons (Fsp3) is 0.875. The van der Waals surface area contributed by atoms with E-state index in [0.29, 0.717) is 0 Å². The fourth-order valence-corrected chi connectivity index (χ4v) is 3.13. The lowest BCUT2D eigenvalue weighted by Crippen LogP contribution is -2.31. The van der Waals surface area contributed by atoms with Gasteiger partial charge in [-0.05, 0) is 6.42 Å². The molecule has 0 aromatic heterocycles. The molecule has 0 saturated carbocycles. The van der Waals surface area contributed by atoms with Crippen LogP contribution in [-0.2, 0) is 13.6 Å². The van der Waals surface area contributed by atoms with Gasteiger partial charge in [-0.2, -0.15) is 0 Å². The highest BCUT2D eigenvalue weighted by molar-refractivity contribution is 6.46. The molecule has 0 heterocycles. The largest absolute Gasteiger partial charge is 0.400 e. The van der Waals surface area contributed by atoms with Gasteiger partial charge in [-0.3, -0.25) is 0 Å². The van der Waals surface area contributed by atoms with Gasteiger partial charge in [0.25, 0.3) is 0 Å². The second-order valence-electron chi connectivity index (χ2n) is 2.89. The van der Waals surface area contributed by atoms with E-state index in [1.807, 2.05) is 13.8 Å². The second-order valence-corrected chi connectivity index (χ2v) is 5.63. The lowest BCUT2D eigenvalue weighted by molar-refractivity contribution is 0.261. The van der Waals surface area contributed by atoms with Gasteiger partial charge in [0.05, 0.1) is 6.04 Å². The van der Waals surface area contributed by atoms with Crippen molar-refractivity contribution >= 4 is 15.4 Å². The van der Waals surface area contributed by atoms with Crippen LogP contribution in [0.5, 0.6) is 0 Å². The number of aliphatic imine (C=N–C) groups is 1. The topological polar surface area (TPSA) is 47.9 Å². The van der Waals surface area contributed by atoms with Gasteiger partial charge in [-0.25, -0.2) is 9.79 Å². The molecule has 0 rings (SSSR count). The maximum absolute atomic E-state index is 10.1. The molecule has 0 saturated heterocycles. The normalized spacial score (nSPS) is 15.2. The highest BCUT2D eigenvalue weighted by Crippen LogP contribution is 2.20. The molecular formula is C8H17NO3Si. The van der Waals surface area contributed by atoms with Crippen LogP contribution in [0.15, 0.2) is 4.99 Å². The minimum Gasteiger partial charge on any atom is -0.400 e. The van der Waals surface area contributed by atoms with Crippen LogP contribution < -0.4 is 0 Å². The van der Waals surface area contributed by atoms with Crippen LogP contribution in [0.2, 0.25) is 5.54 Å². The zero-order valence-electron chi connectivity index (χ0n) is 8.61. The third-order valence-corrected chi connectivity index (χ3v) is 4.37. The van der Waals surface area contributed by atoms with E-state index < -0.39 is 9.28 Å². The van der Waals surface area contributed by atoms with E-state index in [1.165, 1.54) is 0 Å². The van der Waals surface area contributed by atoms with Crippen molar-refractivity contribution in [2.75, 3.05) is 14.2 Å². The Hall–Kier alpha value is -0.483.